The predicted molar refractivity (Wildman–Crippen MR) is 78.2 cm³/mol. The summed E-state index contributed by atoms with van der Waals surface area (Å²) in [6.07, 6.45) is 2.60. The average molecular weight is 276 g/mol. The molecular weight excluding hydrogens is 255 g/mol. The zero-order valence-corrected chi connectivity index (χ0v) is 11.8. The van der Waals surface area contributed by atoms with Crippen molar-refractivity contribution < 1.29 is 9.50 Å². The molecule has 0 saturated carbocycles. The van der Waals surface area contributed by atoms with Crippen molar-refractivity contribution in [3.63, 3.8) is 0 Å². The Hall–Kier alpha value is -1.39. The van der Waals surface area contributed by atoms with Gasteiger partial charge in [0.25, 0.3) is 0 Å². The first kappa shape index (κ1) is 13.6. The molecule has 0 bridgehead atoms. The van der Waals surface area contributed by atoms with Crippen molar-refractivity contribution in [2.75, 3.05) is 13.1 Å². The Morgan fingerprint density at radius 2 is 2.30 bits per heavy atom. The smallest absolute Gasteiger partial charge is 0.123 e. The van der Waals surface area contributed by atoms with Crippen LogP contribution in [0.5, 0.6) is 0 Å². The molecule has 1 aromatic carbocycles. The van der Waals surface area contributed by atoms with Gasteiger partial charge >= 0.3 is 0 Å². The number of hydrogen-bond acceptors (Lipinski definition) is 2. The number of benzene rings is 1. The second-order valence-corrected chi connectivity index (χ2v) is 5.79. The van der Waals surface area contributed by atoms with E-state index in [-0.39, 0.29) is 11.9 Å². The van der Waals surface area contributed by atoms with Crippen LogP contribution in [0.25, 0.3) is 10.9 Å². The van der Waals surface area contributed by atoms with Crippen LogP contribution in [0.3, 0.4) is 0 Å². The Balaban J connectivity index is 1.76. The Morgan fingerprint density at radius 3 is 3.10 bits per heavy atom. The molecule has 4 heteroatoms. The van der Waals surface area contributed by atoms with Gasteiger partial charge in [-0.25, -0.2) is 4.39 Å². The molecule has 108 valence electrons. The third-order valence-corrected chi connectivity index (χ3v) is 4.11. The van der Waals surface area contributed by atoms with Crippen LogP contribution >= 0.6 is 0 Å². The van der Waals surface area contributed by atoms with Gasteiger partial charge in [0.2, 0.25) is 0 Å². The predicted octanol–water partition coefficient (Wildman–Crippen LogP) is 2.83. The van der Waals surface area contributed by atoms with Crippen LogP contribution in [-0.4, -0.2) is 34.2 Å². The Bertz CT molecular complexity index is 606. The molecule has 0 aliphatic carbocycles. The lowest BCUT2D eigenvalue weighted by Crippen LogP contribution is -2.31. The number of rotatable bonds is 4. The topological polar surface area (TPSA) is 39.3 Å². The quantitative estimate of drug-likeness (QED) is 0.901. The fourth-order valence-corrected chi connectivity index (χ4v) is 3.04. The zero-order chi connectivity index (χ0) is 14.1. The Morgan fingerprint density at radius 1 is 1.45 bits per heavy atom. The highest BCUT2D eigenvalue weighted by Crippen LogP contribution is 2.28. The van der Waals surface area contributed by atoms with Gasteiger partial charge in [0.05, 0.1) is 6.10 Å². The summed E-state index contributed by atoms with van der Waals surface area (Å²) in [4.78, 5) is 5.80. The van der Waals surface area contributed by atoms with Gasteiger partial charge in [-0.15, -0.1) is 0 Å². The minimum atomic E-state index is -0.225. The fourth-order valence-electron chi connectivity index (χ4n) is 3.04. The zero-order valence-electron chi connectivity index (χ0n) is 11.8. The van der Waals surface area contributed by atoms with Gasteiger partial charge in [0.15, 0.2) is 0 Å². The molecule has 0 amide bonds. The first-order valence-corrected chi connectivity index (χ1v) is 7.33. The third-order valence-electron chi connectivity index (χ3n) is 4.11. The molecule has 3 rings (SSSR count). The van der Waals surface area contributed by atoms with Gasteiger partial charge in [-0.05, 0) is 50.1 Å². The summed E-state index contributed by atoms with van der Waals surface area (Å²) in [5, 5.41) is 10.3. The van der Waals surface area contributed by atoms with Crippen LogP contribution in [0.15, 0.2) is 18.2 Å². The standard InChI is InChI=1S/C16H21FN2O/c1-11(20)3-2-7-19-8-6-16-14(10-19)13-9-12(17)4-5-15(13)18-16/h4-5,9,11,18,20H,2-3,6-8,10H2,1H3. The van der Waals surface area contributed by atoms with Gasteiger partial charge < -0.3 is 10.1 Å². The van der Waals surface area contributed by atoms with Crippen molar-refractivity contribution >= 4 is 10.9 Å². The molecule has 1 unspecified atom stereocenters. The molecule has 1 aliphatic heterocycles. The van der Waals surface area contributed by atoms with E-state index in [1.54, 1.807) is 6.07 Å². The normalized spacial score (nSPS) is 17.4. The maximum absolute atomic E-state index is 13.4. The number of aromatic nitrogens is 1. The maximum Gasteiger partial charge on any atom is 0.123 e. The highest BCUT2D eigenvalue weighted by atomic mass is 19.1. The van der Waals surface area contributed by atoms with E-state index in [1.165, 1.54) is 17.3 Å². The molecule has 2 N–H and O–H groups in total. The van der Waals surface area contributed by atoms with Crippen LogP contribution in [0.4, 0.5) is 4.39 Å². The Kier molecular flexibility index (Phi) is 3.76. The highest BCUT2D eigenvalue weighted by Gasteiger charge is 2.20. The Labute approximate surface area is 118 Å². The first-order valence-electron chi connectivity index (χ1n) is 7.33. The van der Waals surface area contributed by atoms with Crippen LogP contribution < -0.4 is 0 Å². The first-order chi connectivity index (χ1) is 9.63. The molecule has 2 aromatic rings. The summed E-state index contributed by atoms with van der Waals surface area (Å²) in [7, 11) is 0. The van der Waals surface area contributed by atoms with E-state index in [4.69, 9.17) is 0 Å². The van der Waals surface area contributed by atoms with Crippen LogP contribution in [-0.2, 0) is 13.0 Å². The lowest BCUT2D eigenvalue weighted by Gasteiger charge is -2.27. The van der Waals surface area contributed by atoms with E-state index in [0.717, 1.165) is 49.8 Å². The van der Waals surface area contributed by atoms with Crippen molar-refractivity contribution in [3.8, 4) is 0 Å². The average Bonchev–Trinajstić information content (AvgIpc) is 2.76. The van der Waals surface area contributed by atoms with Crippen LogP contribution in [0, 0.1) is 5.82 Å². The van der Waals surface area contributed by atoms with Gasteiger partial charge in [-0.3, -0.25) is 4.90 Å². The summed E-state index contributed by atoms with van der Waals surface area (Å²) >= 11 is 0. The molecule has 0 saturated heterocycles. The number of fused-ring (bicyclic) bond motifs is 3. The molecule has 0 fully saturated rings. The number of H-pyrrole nitrogens is 1. The van der Waals surface area contributed by atoms with E-state index in [0.29, 0.717) is 0 Å². The molecule has 0 radical (unpaired) electrons. The van der Waals surface area contributed by atoms with Crippen LogP contribution in [0.2, 0.25) is 0 Å². The summed E-state index contributed by atoms with van der Waals surface area (Å²) in [5.41, 5.74) is 3.52. The van der Waals surface area contributed by atoms with Crippen molar-refractivity contribution in [2.45, 2.75) is 38.8 Å². The van der Waals surface area contributed by atoms with Crippen molar-refractivity contribution in [3.05, 3.63) is 35.3 Å². The molecule has 1 aliphatic rings. The number of aromatic amines is 1. The summed E-state index contributed by atoms with van der Waals surface area (Å²) in [6, 6.07) is 4.95. The SMILES string of the molecule is CC(O)CCCN1CCc2[nH]c3ccc(F)cc3c2C1. The minimum absolute atomic E-state index is 0.175. The van der Waals surface area contributed by atoms with Gasteiger partial charge in [0.1, 0.15) is 5.82 Å². The van der Waals surface area contributed by atoms with Crippen molar-refractivity contribution in [1.29, 1.82) is 0 Å². The largest absolute Gasteiger partial charge is 0.393 e. The number of aliphatic hydroxyl groups excluding tert-OH is 1. The van der Waals surface area contributed by atoms with Crippen LogP contribution in [0.1, 0.15) is 31.0 Å². The second-order valence-electron chi connectivity index (χ2n) is 5.79. The molecular formula is C16H21FN2O. The maximum atomic E-state index is 13.4. The lowest BCUT2D eigenvalue weighted by molar-refractivity contribution is 0.167. The monoisotopic (exact) mass is 276 g/mol. The third kappa shape index (κ3) is 2.72. The van der Waals surface area contributed by atoms with E-state index in [2.05, 4.69) is 9.88 Å². The van der Waals surface area contributed by atoms with Gasteiger partial charge in [0, 0.05) is 36.1 Å². The van der Waals surface area contributed by atoms with E-state index in [9.17, 15) is 9.50 Å². The number of hydrogen-bond donors (Lipinski definition) is 2. The van der Waals surface area contributed by atoms with Gasteiger partial charge in [-0.1, -0.05) is 0 Å². The summed E-state index contributed by atoms with van der Waals surface area (Å²) < 4.78 is 13.4. The number of aliphatic hydroxyl groups is 1. The minimum Gasteiger partial charge on any atom is -0.393 e. The van der Waals surface area contributed by atoms with Crippen molar-refractivity contribution in [1.82, 2.24) is 9.88 Å². The van der Waals surface area contributed by atoms with Gasteiger partial charge in [-0.2, -0.15) is 0 Å². The lowest BCUT2D eigenvalue weighted by atomic mass is 10.0. The molecule has 3 nitrogen and oxygen atoms in total. The van der Waals surface area contributed by atoms with E-state index < -0.39 is 0 Å². The number of halogens is 1. The molecule has 1 aromatic heterocycles. The molecule has 2 heterocycles. The highest BCUT2D eigenvalue weighted by molar-refractivity contribution is 5.84. The molecule has 0 spiro atoms. The van der Waals surface area contributed by atoms with Crippen molar-refractivity contribution in [2.24, 2.45) is 0 Å². The molecule has 1 atom stereocenters. The van der Waals surface area contributed by atoms with E-state index >= 15 is 0 Å². The number of nitrogens with one attached hydrogen (secondary N) is 1. The van der Waals surface area contributed by atoms with E-state index in [1.807, 2.05) is 13.0 Å². The molecule has 20 heavy (non-hydrogen) atoms. The summed E-state index contributed by atoms with van der Waals surface area (Å²) in [5.74, 6) is -0.175. The number of nitrogens with zero attached hydrogens (tertiary/aromatic N) is 1. The summed E-state index contributed by atoms with van der Waals surface area (Å²) in [6.45, 7) is 4.73. The fraction of sp³-hybridized carbons (Fsp3) is 0.500. The second kappa shape index (κ2) is 5.54.